The monoisotopic (exact) mass is 370 g/mol. The van der Waals surface area contributed by atoms with E-state index >= 15 is 0 Å². The van der Waals surface area contributed by atoms with Crippen LogP contribution in [0, 0.1) is 0 Å². The quantitative estimate of drug-likeness (QED) is 0.213. The van der Waals surface area contributed by atoms with Crippen molar-refractivity contribution in [2.45, 2.75) is 60.9 Å². The van der Waals surface area contributed by atoms with E-state index in [1.165, 1.54) is 0 Å². The van der Waals surface area contributed by atoms with Gasteiger partial charge in [-0.2, -0.15) is 0 Å². The van der Waals surface area contributed by atoms with Gasteiger partial charge in [0.15, 0.2) is 24.5 Å². The molecule has 2 saturated heterocycles. The van der Waals surface area contributed by atoms with E-state index in [1.54, 1.807) is 0 Å². The first kappa shape index (κ1) is 20.5. The molecule has 2 aliphatic rings. The highest BCUT2D eigenvalue weighted by Crippen LogP contribution is 2.32. The molecule has 0 aromatic carbocycles. The average molecular weight is 370 g/mol. The minimum atomic E-state index is -2.73. The molecule has 0 saturated carbocycles. The Hall–Kier alpha value is -0.770. The summed E-state index contributed by atoms with van der Waals surface area (Å²) in [6.07, 6.45) is -15.8. The molecule has 12 nitrogen and oxygen atoms in total. The van der Waals surface area contributed by atoms with Crippen LogP contribution in [-0.4, -0.2) is 121 Å². The third kappa shape index (κ3) is 3.56. The second-order valence-electron chi connectivity index (χ2n) is 5.95. The van der Waals surface area contributed by atoms with Crippen molar-refractivity contribution in [1.82, 2.24) is 0 Å². The normalized spacial score (nSPS) is 51.3. The summed E-state index contributed by atoms with van der Waals surface area (Å²) in [5, 5.41) is 77.5. The molecule has 0 aromatic rings. The van der Waals surface area contributed by atoms with Gasteiger partial charge in [0.05, 0.1) is 13.2 Å². The Kier molecular flexibility index (Phi) is 6.45. The SMILES string of the molecule is O=C[C@]1(O)[C@H](O)[C@@H](CO)O[C@H](O[C@H]2O[C@H](CO)[C@@H](O)[C@H](O)[C@H]2O)[C@@H]1O. The maximum absolute atomic E-state index is 11.1. The molecule has 2 heterocycles. The van der Waals surface area contributed by atoms with Gasteiger partial charge in [-0.25, -0.2) is 0 Å². The van der Waals surface area contributed by atoms with E-state index in [9.17, 15) is 40.5 Å². The van der Waals surface area contributed by atoms with Crippen LogP contribution >= 0.6 is 0 Å². The molecular formula is C13H22O12. The zero-order valence-corrected chi connectivity index (χ0v) is 12.9. The van der Waals surface area contributed by atoms with Gasteiger partial charge in [0, 0.05) is 0 Å². The van der Waals surface area contributed by atoms with Gasteiger partial charge in [0.25, 0.3) is 0 Å². The molecule has 0 aliphatic carbocycles. The molecule has 0 spiro atoms. The van der Waals surface area contributed by atoms with Crippen LogP contribution in [0.25, 0.3) is 0 Å². The van der Waals surface area contributed by atoms with Crippen LogP contribution in [0.5, 0.6) is 0 Å². The van der Waals surface area contributed by atoms with Crippen molar-refractivity contribution in [2.24, 2.45) is 0 Å². The number of ether oxygens (including phenoxy) is 3. The topological polar surface area (TPSA) is 207 Å². The molecule has 146 valence electrons. The van der Waals surface area contributed by atoms with Crippen LogP contribution in [0.1, 0.15) is 0 Å². The zero-order valence-electron chi connectivity index (χ0n) is 12.9. The lowest BCUT2D eigenvalue weighted by Gasteiger charge is -2.47. The first-order valence-corrected chi connectivity index (χ1v) is 7.48. The predicted molar refractivity (Wildman–Crippen MR) is 73.6 cm³/mol. The van der Waals surface area contributed by atoms with Crippen molar-refractivity contribution in [3.05, 3.63) is 0 Å². The summed E-state index contributed by atoms with van der Waals surface area (Å²) in [6, 6.07) is 0. The molecule has 2 rings (SSSR count). The van der Waals surface area contributed by atoms with Crippen molar-refractivity contribution in [2.75, 3.05) is 13.2 Å². The van der Waals surface area contributed by atoms with Gasteiger partial charge in [-0.3, -0.25) is 4.79 Å². The Labute approximate surface area is 141 Å². The van der Waals surface area contributed by atoms with Gasteiger partial charge in [-0.15, -0.1) is 0 Å². The summed E-state index contributed by atoms with van der Waals surface area (Å²) in [6.45, 7) is -1.56. The first-order valence-electron chi connectivity index (χ1n) is 7.48. The van der Waals surface area contributed by atoms with Crippen LogP contribution < -0.4 is 0 Å². The lowest BCUT2D eigenvalue weighted by Crippen LogP contribution is -2.69. The maximum atomic E-state index is 11.1. The van der Waals surface area contributed by atoms with E-state index in [0.29, 0.717) is 0 Å². The minimum Gasteiger partial charge on any atom is -0.394 e. The van der Waals surface area contributed by atoms with Crippen LogP contribution in [0.2, 0.25) is 0 Å². The molecule has 8 N–H and O–H groups in total. The Morgan fingerprint density at radius 2 is 1.40 bits per heavy atom. The second kappa shape index (κ2) is 7.85. The highest BCUT2D eigenvalue weighted by molar-refractivity contribution is 5.65. The van der Waals surface area contributed by atoms with E-state index in [1.807, 2.05) is 0 Å². The van der Waals surface area contributed by atoms with E-state index in [-0.39, 0.29) is 6.29 Å². The lowest BCUT2D eigenvalue weighted by molar-refractivity contribution is -0.383. The van der Waals surface area contributed by atoms with Gasteiger partial charge in [-0.05, 0) is 0 Å². The molecule has 25 heavy (non-hydrogen) atoms. The van der Waals surface area contributed by atoms with E-state index in [2.05, 4.69) is 0 Å². The van der Waals surface area contributed by atoms with Gasteiger partial charge in [-0.1, -0.05) is 0 Å². The van der Waals surface area contributed by atoms with Crippen molar-refractivity contribution in [1.29, 1.82) is 0 Å². The molecule has 10 atom stereocenters. The molecule has 0 radical (unpaired) electrons. The highest BCUT2D eigenvalue weighted by atomic mass is 16.8. The summed E-state index contributed by atoms with van der Waals surface area (Å²) in [7, 11) is 0. The number of rotatable bonds is 5. The second-order valence-corrected chi connectivity index (χ2v) is 5.95. The van der Waals surface area contributed by atoms with E-state index < -0.39 is 74.1 Å². The Bertz CT molecular complexity index is 460. The number of aliphatic hydroxyl groups is 8. The molecule has 2 aliphatic heterocycles. The summed E-state index contributed by atoms with van der Waals surface area (Å²) in [5.41, 5.74) is -2.73. The fourth-order valence-corrected chi connectivity index (χ4v) is 2.71. The number of hydrogen-bond acceptors (Lipinski definition) is 12. The Morgan fingerprint density at radius 3 is 1.92 bits per heavy atom. The zero-order chi connectivity index (χ0) is 18.9. The number of aldehydes is 1. The molecular weight excluding hydrogens is 348 g/mol. The van der Waals surface area contributed by atoms with Crippen molar-refractivity contribution in [3.8, 4) is 0 Å². The van der Waals surface area contributed by atoms with Crippen molar-refractivity contribution in [3.63, 3.8) is 0 Å². The molecule has 0 aromatic heterocycles. The smallest absolute Gasteiger partial charge is 0.190 e. The Morgan fingerprint density at radius 1 is 0.840 bits per heavy atom. The van der Waals surface area contributed by atoms with Crippen LogP contribution in [0.4, 0.5) is 0 Å². The predicted octanol–water partition coefficient (Wildman–Crippen LogP) is -5.83. The average Bonchev–Trinajstić information content (AvgIpc) is 2.62. The minimum absolute atomic E-state index is 0.142. The summed E-state index contributed by atoms with van der Waals surface area (Å²) in [5.74, 6) is 0. The number of hydrogen-bond donors (Lipinski definition) is 8. The largest absolute Gasteiger partial charge is 0.394 e. The van der Waals surface area contributed by atoms with Gasteiger partial charge < -0.3 is 55.1 Å². The molecule has 2 fully saturated rings. The number of carbonyl (C=O) groups excluding carboxylic acids is 1. The number of aliphatic hydroxyl groups excluding tert-OH is 7. The van der Waals surface area contributed by atoms with Gasteiger partial charge in [0.2, 0.25) is 0 Å². The van der Waals surface area contributed by atoms with Crippen molar-refractivity contribution >= 4 is 6.29 Å². The standard InChI is InChI=1S/C13H22O12/c14-1-4-6(17)7(18)8(19)11(23-4)25-12-10(21)13(22,3-16)9(20)5(2-15)24-12/h3-12,14-15,17-22H,1-2H2/t4-,5-,6-,7+,8-,9-,10+,11-,12-,13+/m1/s1. The highest BCUT2D eigenvalue weighted by Gasteiger charge is 2.57. The first-order chi connectivity index (χ1) is 11.7. The van der Waals surface area contributed by atoms with Crippen LogP contribution in [0.15, 0.2) is 0 Å². The fraction of sp³-hybridized carbons (Fsp3) is 0.923. The van der Waals surface area contributed by atoms with Gasteiger partial charge in [0.1, 0.15) is 42.7 Å². The Balaban J connectivity index is 2.18. The van der Waals surface area contributed by atoms with E-state index in [4.69, 9.17) is 19.3 Å². The van der Waals surface area contributed by atoms with Crippen LogP contribution in [-0.2, 0) is 19.0 Å². The number of carbonyl (C=O) groups is 1. The maximum Gasteiger partial charge on any atom is 0.190 e. The van der Waals surface area contributed by atoms with Crippen LogP contribution in [0.3, 0.4) is 0 Å². The van der Waals surface area contributed by atoms with Crippen molar-refractivity contribution < 1.29 is 59.9 Å². The lowest BCUT2D eigenvalue weighted by atomic mass is 9.85. The molecule has 0 amide bonds. The third-order valence-corrected chi connectivity index (χ3v) is 4.35. The molecule has 12 heteroatoms. The third-order valence-electron chi connectivity index (χ3n) is 4.35. The summed E-state index contributed by atoms with van der Waals surface area (Å²) < 4.78 is 15.2. The fourth-order valence-electron chi connectivity index (χ4n) is 2.71. The van der Waals surface area contributed by atoms with Gasteiger partial charge >= 0.3 is 0 Å². The molecule has 0 unspecified atom stereocenters. The summed E-state index contributed by atoms with van der Waals surface area (Å²) in [4.78, 5) is 11.1. The molecule has 0 bridgehead atoms. The van der Waals surface area contributed by atoms with E-state index in [0.717, 1.165) is 0 Å². The summed E-state index contributed by atoms with van der Waals surface area (Å²) >= 11 is 0.